The number of nitrogens with two attached hydrogens (primary N) is 1. The summed E-state index contributed by atoms with van der Waals surface area (Å²) in [7, 11) is 0. The second-order valence-corrected chi connectivity index (χ2v) is 6.65. The van der Waals surface area contributed by atoms with Crippen molar-refractivity contribution in [2.24, 2.45) is 29.6 Å². The lowest BCUT2D eigenvalue weighted by Gasteiger charge is -2.53. The fraction of sp³-hybridized carbons (Fsp3) is 0.714. The molecule has 0 saturated heterocycles. The van der Waals surface area contributed by atoms with Crippen LogP contribution in [-0.4, -0.2) is 16.1 Å². The third-order valence-electron chi connectivity index (χ3n) is 5.45. The molecule has 5 rings (SSSR count). The largest absolute Gasteiger partial charge is 0.394 e. The highest BCUT2D eigenvalue weighted by Gasteiger charge is 2.50. The van der Waals surface area contributed by atoms with Crippen LogP contribution in [0.4, 0.5) is 11.5 Å². The third kappa shape index (κ3) is 1.75. The van der Waals surface area contributed by atoms with Crippen LogP contribution >= 0.6 is 0 Å². The van der Waals surface area contributed by atoms with Gasteiger partial charge < -0.3 is 11.1 Å². The molecule has 5 heteroatoms. The summed E-state index contributed by atoms with van der Waals surface area (Å²) in [4.78, 5) is 12.5. The molecule has 0 spiro atoms. The van der Waals surface area contributed by atoms with E-state index < -0.39 is 0 Å². The van der Waals surface area contributed by atoms with E-state index in [1.165, 1.54) is 38.3 Å². The number of anilines is 2. The molecule has 4 aliphatic rings. The molecule has 19 heavy (non-hydrogen) atoms. The molecule has 0 aromatic carbocycles. The predicted molar refractivity (Wildman–Crippen MR) is 72.2 cm³/mol. The number of hydrogen-bond acceptors (Lipinski definition) is 3. The van der Waals surface area contributed by atoms with Crippen molar-refractivity contribution < 1.29 is 4.79 Å². The Morgan fingerprint density at radius 2 is 1.84 bits per heavy atom. The summed E-state index contributed by atoms with van der Waals surface area (Å²) in [5.41, 5.74) is 6.27. The first-order valence-corrected chi connectivity index (χ1v) is 7.30. The minimum absolute atomic E-state index is 0.143. The Morgan fingerprint density at radius 1 is 1.21 bits per heavy atom. The van der Waals surface area contributed by atoms with Gasteiger partial charge in [-0.05, 0) is 55.8 Å². The molecule has 4 saturated carbocycles. The van der Waals surface area contributed by atoms with Gasteiger partial charge in [0.25, 0.3) is 0 Å². The molecule has 1 heterocycles. The van der Waals surface area contributed by atoms with Gasteiger partial charge in [-0.15, -0.1) is 0 Å². The second-order valence-electron chi connectivity index (χ2n) is 6.65. The number of carbonyl (C=O) groups excluding carboxylic acids is 1. The van der Waals surface area contributed by atoms with Crippen LogP contribution in [0.5, 0.6) is 0 Å². The van der Waals surface area contributed by atoms with E-state index in [0.717, 1.165) is 11.8 Å². The predicted octanol–water partition coefficient (Wildman–Crippen LogP) is 2.00. The average Bonchev–Trinajstić information content (AvgIpc) is 2.73. The number of aromatic nitrogens is 2. The maximum atomic E-state index is 12.5. The van der Waals surface area contributed by atoms with Crippen molar-refractivity contribution in [3.05, 3.63) is 6.20 Å². The number of H-pyrrole nitrogens is 1. The van der Waals surface area contributed by atoms with E-state index >= 15 is 0 Å². The van der Waals surface area contributed by atoms with Crippen molar-refractivity contribution in [2.75, 3.05) is 11.1 Å². The molecule has 0 unspecified atom stereocenters. The molecular weight excluding hydrogens is 240 g/mol. The molecule has 5 nitrogen and oxygen atoms in total. The maximum absolute atomic E-state index is 12.5. The van der Waals surface area contributed by atoms with E-state index in [0.29, 0.717) is 23.3 Å². The number of nitrogen functional groups attached to an aromatic ring is 1. The Labute approximate surface area is 112 Å². The summed E-state index contributed by atoms with van der Waals surface area (Å²) < 4.78 is 0. The van der Waals surface area contributed by atoms with Gasteiger partial charge >= 0.3 is 0 Å². The smallest absolute Gasteiger partial charge is 0.229 e. The van der Waals surface area contributed by atoms with Crippen LogP contribution in [0.3, 0.4) is 0 Å². The minimum atomic E-state index is 0.143. The fourth-order valence-corrected chi connectivity index (χ4v) is 4.96. The zero-order chi connectivity index (χ0) is 13.0. The van der Waals surface area contributed by atoms with Crippen molar-refractivity contribution in [1.29, 1.82) is 0 Å². The molecule has 4 fully saturated rings. The number of rotatable bonds is 2. The van der Waals surface area contributed by atoms with Crippen molar-refractivity contribution in [3.63, 3.8) is 0 Å². The maximum Gasteiger partial charge on any atom is 0.229 e. The number of carbonyl (C=O) groups is 1. The zero-order valence-corrected chi connectivity index (χ0v) is 10.9. The molecule has 1 aromatic rings. The summed E-state index contributed by atoms with van der Waals surface area (Å²) in [6.45, 7) is 0. The summed E-state index contributed by atoms with van der Waals surface area (Å²) in [6, 6.07) is 0. The minimum Gasteiger partial charge on any atom is -0.394 e. The third-order valence-corrected chi connectivity index (χ3v) is 5.45. The van der Waals surface area contributed by atoms with E-state index in [1.54, 1.807) is 0 Å². The fourth-order valence-electron chi connectivity index (χ4n) is 4.96. The standard InChI is InChI=1S/C14H20N4O/c15-11-6-16-18-13(11)17-14(19)12-9-2-7-1-8(4-9)5-10(12)3-7/h6-10,12H,1-5,15H2,(H2,16,17,18,19). The lowest BCUT2D eigenvalue weighted by Crippen LogP contribution is -2.49. The average molecular weight is 260 g/mol. The van der Waals surface area contributed by atoms with E-state index in [-0.39, 0.29) is 11.8 Å². The van der Waals surface area contributed by atoms with Crippen LogP contribution in [0.2, 0.25) is 0 Å². The Bertz CT molecular complexity index is 481. The molecule has 0 atom stereocenters. The molecule has 1 aromatic heterocycles. The number of amides is 1. The summed E-state index contributed by atoms with van der Waals surface area (Å²) in [6.07, 6.45) is 7.96. The molecule has 0 radical (unpaired) electrons. The molecule has 4 aliphatic carbocycles. The monoisotopic (exact) mass is 260 g/mol. The van der Waals surface area contributed by atoms with Crippen LogP contribution in [0, 0.1) is 29.6 Å². The van der Waals surface area contributed by atoms with E-state index in [1.807, 2.05) is 0 Å². The van der Waals surface area contributed by atoms with Gasteiger partial charge in [0.1, 0.15) is 0 Å². The van der Waals surface area contributed by atoms with E-state index in [2.05, 4.69) is 15.5 Å². The summed E-state index contributed by atoms with van der Waals surface area (Å²) in [5, 5.41) is 9.53. The zero-order valence-electron chi connectivity index (χ0n) is 10.9. The number of nitrogens with zero attached hydrogens (tertiary/aromatic N) is 1. The molecule has 4 bridgehead atoms. The van der Waals surface area contributed by atoms with Gasteiger partial charge in [0.05, 0.1) is 11.9 Å². The van der Waals surface area contributed by atoms with Gasteiger partial charge in [-0.3, -0.25) is 9.89 Å². The van der Waals surface area contributed by atoms with Crippen LogP contribution in [0.15, 0.2) is 6.20 Å². The van der Waals surface area contributed by atoms with Gasteiger partial charge in [-0.1, -0.05) is 0 Å². The molecule has 1 amide bonds. The van der Waals surface area contributed by atoms with Crippen LogP contribution in [0.1, 0.15) is 32.1 Å². The first-order valence-electron chi connectivity index (χ1n) is 7.30. The van der Waals surface area contributed by atoms with E-state index in [9.17, 15) is 4.79 Å². The summed E-state index contributed by atoms with van der Waals surface area (Å²) in [5.74, 6) is 3.87. The number of hydrogen-bond donors (Lipinski definition) is 3. The quantitative estimate of drug-likeness (QED) is 0.760. The van der Waals surface area contributed by atoms with Crippen molar-refractivity contribution in [3.8, 4) is 0 Å². The van der Waals surface area contributed by atoms with Crippen LogP contribution in [-0.2, 0) is 4.79 Å². The van der Waals surface area contributed by atoms with E-state index in [4.69, 9.17) is 5.73 Å². The van der Waals surface area contributed by atoms with Crippen molar-refractivity contribution >= 4 is 17.4 Å². The highest BCUT2D eigenvalue weighted by atomic mass is 16.2. The van der Waals surface area contributed by atoms with Gasteiger partial charge in [0, 0.05) is 5.92 Å². The lowest BCUT2D eigenvalue weighted by atomic mass is 9.51. The molecular formula is C14H20N4O. The second kappa shape index (κ2) is 3.99. The van der Waals surface area contributed by atoms with Gasteiger partial charge in [-0.2, -0.15) is 5.10 Å². The first-order chi connectivity index (χ1) is 9.20. The highest BCUT2D eigenvalue weighted by Crippen LogP contribution is 2.56. The topological polar surface area (TPSA) is 83.8 Å². The number of nitrogens with one attached hydrogen (secondary N) is 2. The Hall–Kier alpha value is -1.52. The molecule has 102 valence electrons. The Morgan fingerprint density at radius 3 is 2.37 bits per heavy atom. The number of aromatic amines is 1. The van der Waals surface area contributed by atoms with Crippen LogP contribution < -0.4 is 11.1 Å². The van der Waals surface area contributed by atoms with Gasteiger partial charge in [0.2, 0.25) is 5.91 Å². The Kier molecular flexibility index (Phi) is 2.37. The molecule has 4 N–H and O–H groups in total. The highest BCUT2D eigenvalue weighted by molar-refractivity contribution is 5.94. The van der Waals surface area contributed by atoms with Crippen molar-refractivity contribution in [1.82, 2.24) is 10.2 Å². The van der Waals surface area contributed by atoms with Crippen molar-refractivity contribution in [2.45, 2.75) is 32.1 Å². The first kappa shape index (κ1) is 11.3. The lowest BCUT2D eigenvalue weighted by molar-refractivity contribution is -0.132. The molecule has 0 aliphatic heterocycles. The SMILES string of the molecule is Nc1cn[nH]c1NC(=O)C1C2CC3CC(C2)CC1C3. The van der Waals surface area contributed by atoms with Crippen LogP contribution in [0.25, 0.3) is 0 Å². The normalized spacial score (nSPS) is 39.5. The Balaban J connectivity index is 1.53. The van der Waals surface area contributed by atoms with Gasteiger partial charge in [-0.25, -0.2) is 0 Å². The summed E-state index contributed by atoms with van der Waals surface area (Å²) >= 11 is 0. The van der Waals surface area contributed by atoms with Gasteiger partial charge in [0.15, 0.2) is 5.82 Å².